The standard InChI is InChI=1S/C9H6ClNO4/c1-5(13)9-6(4-12)2-7(11(14)15)3-8(9)10/h2-4H,1H3. The summed E-state index contributed by atoms with van der Waals surface area (Å²) in [7, 11) is 0. The number of Topliss-reactive ketones (excluding diaryl/α,β-unsaturated/α-hetero) is 1. The van der Waals surface area contributed by atoms with Crippen LogP contribution in [0.1, 0.15) is 27.6 Å². The highest BCUT2D eigenvalue weighted by molar-refractivity contribution is 6.34. The molecule has 5 nitrogen and oxygen atoms in total. The monoisotopic (exact) mass is 227 g/mol. The first-order chi connectivity index (χ1) is 6.97. The van der Waals surface area contributed by atoms with E-state index in [1.54, 1.807) is 0 Å². The maximum Gasteiger partial charge on any atom is 0.271 e. The summed E-state index contributed by atoms with van der Waals surface area (Å²) in [5, 5.41) is 10.4. The van der Waals surface area contributed by atoms with Crippen LogP contribution in [0, 0.1) is 10.1 Å². The third kappa shape index (κ3) is 2.19. The molecule has 0 aromatic heterocycles. The predicted octanol–water partition coefficient (Wildman–Crippen LogP) is 2.26. The molecule has 0 bridgehead atoms. The van der Waals surface area contributed by atoms with Gasteiger partial charge in [-0.05, 0) is 6.92 Å². The number of nitrogens with zero attached hydrogens (tertiary/aromatic N) is 1. The molecule has 0 aliphatic rings. The number of halogens is 1. The van der Waals surface area contributed by atoms with Crippen LogP contribution >= 0.6 is 11.6 Å². The van der Waals surface area contributed by atoms with Crippen LogP contribution in [0.25, 0.3) is 0 Å². The Kier molecular flexibility index (Phi) is 3.16. The van der Waals surface area contributed by atoms with Gasteiger partial charge in [-0.1, -0.05) is 11.6 Å². The van der Waals surface area contributed by atoms with Gasteiger partial charge in [-0.2, -0.15) is 0 Å². The minimum absolute atomic E-state index is 0.0114. The van der Waals surface area contributed by atoms with Crippen LogP contribution in [0.4, 0.5) is 5.69 Å². The first-order valence-corrected chi connectivity index (χ1v) is 4.29. The Morgan fingerprint density at radius 2 is 2.13 bits per heavy atom. The summed E-state index contributed by atoms with van der Waals surface area (Å²) in [6, 6.07) is 2.07. The molecular formula is C9H6ClNO4. The van der Waals surface area contributed by atoms with Gasteiger partial charge < -0.3 is 0 Å². The van der Waals surface area contributed by atoms with Crippen molar-refractivity contribution in [2.24, 2.45) is 0 Å². The van der Waals surface area contributed by atoms with E-state index in [1.165, 1.54) is 6.92 Å². The summed E-state index contributed by atoms with van der Waals surface area (Å²) in [5.41, 5.74) is -0.369. The Hall–Kier alpha value is -1.75. The summed E-state index contributed by atoms with van der Waals surface area (Å²) < 4.78 is 0. The van der Waals surface area contributed by atoms with Gasteiger partial charge in [0.1, 0.15) is 0 Å². The Balaban J connectivity index is 3.50. The number of hydrogen-bond donors (Lipinski definition) is 0. The van der Waals surface area contributed by atoms with Gasteiger partial charge in [0.25, 0.3) is 5.69 Å². The smallest absolute Gasteiger partial charge is 0.271 e. The van der Waals surface area contributed by atoms with Crippen molar-refractivity contribution in [3.63, 3.8) is 0 Å². The van der Waals surface area contributed by atoms with Crippen LogP contribution in [0.5, 0.6) is 0 Å². The van der Waals surface area contributed by atoms with E-state index in [9.17, 15) is 19.7 Å². The zero-order valence-corrected chi connectivity index (χ0v) is 8.45. The molecule has 0 spiro atoms. The van der Waals surface area contributed by atoms with Gasteiger partial charge in [-0.25, -0.2) is 0 Å². The summed E-state index contributed by atoms with van der Waals surface area (Å²) in [4.78, 5) is 31.5. The zero-order chi connectivity index (χ0) is 11.6. The fourth-order valence-electron chi connectivity index (χ4n) is 1.18. The number of carbonyl (C=O) groups excluding carboxylic acids is 2. The van der Waals surface area contributed by atoms with Crippen molar-refractivity contribution in [1.29, 1.82) is 0 Å². The maximum atomic E-state index is 11.1. The summed E-state index contributed by atoms with van der Waals surface area (Å²) in [5.74, 6) is -0.406. The van der Waals surface area contributed by atoms with Gasteiger partial charge in [-0.15, -0.1) is 0 Å². The molecule has 15 heavy (non-hydrogen) atoms. The average Bonchev–Trinajstić information content (AvgIpc) is 2.15. The molecule has 1 aromatic carbocycles. The van der Waals surface area contributed by atoms with Crippen molar-refractivity contribution in [3.05, 3.63) is 38.4 Å². The lowest BCUT2D eigenvalue weighted by atomic mass is 10.0. The molecule has 0 aliphatic heterocycles. The molecule has 1 rings (SSSR count). The van der Waals surface area contributed by atoms with E-state index in [2.05, 4.69) is 0 Å². The number of rotatable bonds is 3. The molecule has 0 unspecified atom stereocenters. The van der Waals surface area contributed by atoms with Crippen LogP contribution in [-0.4, -0.2) is 17.0 Å². The molecule has 0 amide bonds. The number of nitro benzene ring substituents is 1. The van der Waals surface area contributed by atoms with Gasteiger partial charge in [-0.3, -0.25) is 19.7 Å². The highest BCUT2D eigenvalue weighted by Gasteiger charge is 2.17. The quantitative estimate of drug-likeness (QED) is 0.343. The number of nitro groups is 1. The largest absolute Gasteiger partial charge is 0.298 e. The number of benzene rings is 1. The summed E-state index contributed by atoms with van der Waals surface area (Å²) >= 11 is 5.67. The van der Waals surface area contributed by atoms with E-state index >= 15 is 0 Å². The highest BCUT2D eigenvalue weighted by Crippen LogP contribution is 2.26. The van der Waals surface area contributed by atoms with Crippen LogP contribution in [0.3, 0.4) is 0 Å². The second kappa shape index (κ2) is 4.18. The second-order valence-corrected chi connectivity index (χ2v) is 3.23. The van der Waals surface area contributed by atoms with Crippen LogP contribution in [-0.2, 0) is 0 Å². The van der Waals surface area contributed by atoms with Crippen molar-refractivity contribution in [2.45, 2.75) is 6.92 Å². The Morgan fingerprint density at radius 1 is 1.53 bits per heavy atom. The molecule has 1 aromatic rings. The lowest BCUT2D eigenvalue weighted by Gasteiger charge is -2.03. The maximum absolute atomic E-state index is 11.1. The Morgan fingerprint density at radius 3 is 2.53 bits per heavy atom. The van der Waals surface area contributed by atoms with Gasteiger partial charge in [0, 0.05) is 23.3 Å². The fourth-order valence-corrected chi connectivity index (χ4v) is 1.54. The van der Waals surface area contributed by atoms with E-state index in [4.69, 9.17) is 11.6 Å². The Labute approximate surface area is 89.8 Å². The van der Waals surface area contributed by atoms with Crippen molar-refractivity contribution in [3.8, 4) is 0 Å². The fraction of sp³-hybridized carbons (Fsp3) is 0.111. The first-order valence-electron chi connectivity index (χ1n) is 3.91. The summed E-state index contributed by atoms with van der Waals surface area (Å²) in [6.07, 6.45) is 0.371. The van der Waals surface area contributed by atoms with Gasteiger partial charge >= 0.3 is 0 Å². The van der Waals surface area contributed by atoms with Gasteiger partial charge in [0.2, 0.25) is 0 Å². The number of aldehydes is 1. The van der Waals surface area contributed by atoms with Gasteiger partial charge in [0.05, 0.1) is 9.95 Å². The van der Waals surface area contributed by atoms with Crippen molar-refractivity contribution in [1.82, 2.24) is 0 Å². The zero-order valence-electron chi connectivity index (χ0n) is 7.69. The lowest BCUT2D eigenvalue weighted by Crippen LogP contribution is -2.01. The first kappa shape index (κ1) is 11.3. The predicted molar refractivity (Wildman–Crippen MR) is 53.5 cm³/mol. The molecule has 0 radical (unpaired) electrons. The van der Waals surface area contributed by atoms with Crippen LogP contribution in [0.2, 0.25) is 5.02 Å². The molecule has 0 fully saturated rings. The molecule has 0 saturated heterocycles. The average molecular weight is 228 g/mol. The van der Waals surface area contributed by atoms with Crippen molar-refractivity contribution >= 4 is 29.4 Å². The van der Waals surface area contributed by atoms with Gasteiger partial charge in [0.15, 0.2) is 12.1 Å². The normalized spacial score (nSPS) is 9.73. The molecule has 0 aliphatic carbocycles. The minimum atomic E-state index is -0.678. The van der Waals surface area contributed by atoms with E-state index in [0.29, 0.717) is 6.29 Å². The van der Waals surface area contributed by atoms with Crippen molar-refractivity contribution < 1.29 is 14.5 Å². The van der Waals surface area contributed by atoms with Crippen LogP contribution in [0.15, 0.2) is 12.1 Å². The van der Waals surface area contributed by atoms with E-state index < -0.39 is 10.7 Å². The molecule has 0 heterocycles. The second-order valence-electron chi connectivity index (χ2n) is 2.82. The molecular weight excluding hydrogens is 222 g/mol. The molecule has 6 heteroatoms. The van der Waals surface area contributed by atoms with E-state index in [-0.39, 0.29) is 21.8 Å². The topological polar surface area (TPSA) is 77.3 Å². The Bertz CT molecular complexity index is 456. The SMILES string of the molecule is CC(=O)c1c(Cl)cc([N+](=O)[O-])cc1C=O. The van der Waals surface area contributed by atoms with E-state index in [1.807, 2.05) is 0 Å². The van der Waals surface area contributed by atoms with E-state index in [0.717, 1.165) is 12.1 Å². The third-order valence-electron chi connectivity index (χ3n) is 1.80. The minimum Gasteiger partial charge on any atom is -0.298 e. The molecule has 0 atom stereocenters. The molecule has 78 valence electrons. The molecule has 0 saturated carbocycles. The molecule has 0 N–H and O–H groups in total. The number of hydrogen-bond acceptors (Lipinski definition) is 4. The summed E-state index contributed by atoms with van der Waals surface area (Å²) in [6.45, 7) is 1.24. The lowest BCUT2D eigenvalue weighted by molar-refractivity contribution is -0.384. The number of non-ortho nitro benzene ring substituents is 1. The van der Waals surface area contributed by atoms with Crippen LogP contribution < -0.4 is 0 Å². The third-order valence-corrected chi connectivity index (χ3v) is 2.09. The van der Waals surface area contributed by atoms with Crippen molar-refractivity contribution in [2.75, 3.05) is 0 Å². The number of carbonyl (C=O) groups is 2. The highest BCUT2D eigenvalue weighted by atomic mass is 35.5. The number of ketones is 1.